The second-order valence-corrected chi connectivity index (χ2v) is 2.87. The molecule has 0 bridgehead atoms. The fourth-order valence-corrected chi connectivity index (χ4v) is 0.907. The van der Waals surface area contributed by atoms with E-state index in [1.54, 1.807) is 4.90 Å². The topological polar surface area (TPSA) is 119 Å². The lowest BCUT2D eigenvalue weighted by molar-refractivity contribution is -0.136. The van der Waals surface area contributed by atoms with Crippen molar-refractivity contribution < 1.29 is 19.4 Å². The van der Waals surface area contributed by atoms with Crippen LogP contribution in [0.5, 0.6) is 0 Å². The van der Waals surface area contributed by atoms with Crippen molar-refractivity contribution in [1.29, 1.82) is 0 Å². The van der Waals surface area contributed by atoms with Crippen molar-refractivity contribution in [3.63, 3.8) is 0 Å². The maximum atomic E-state index is 10.4. The van der Waals surface area contributed by atoms with Gasteiger partial charge in [-0.15, -0.1) is 12.4 Å². The van der Waals surface area contributed by atoms with Crippen LogP contribution in [-0.4, -0.2) is 54.9 Å². The van der Waals surface area contributed by atoms with E-state index in [1.165, 1.54) is 0 Å². The molecule has 1 heterocycles. The fourth-order valence-electron chi connectivity index (χ4n) is 0.907. The Morgan fingerprint density at radius 3 is 2.00 bits per heavy atom. The van der Waals surface area contributed by atoms with E-state index in [-0.39, 0.29) is 31.4 Å². The van der Waals surface area contributed by atoms with Gasteiger partial charge in [0, 0.05) is 19.6 Å². The molecule has 2 amide bonds. The number of halogens is 1. The Labute approximate surface area is 100 Å². The molecule has 0 atom stereocenters. The summed E-state index contributed by atoms with van der Waals surface area (Å²) in [5.41, 5.74) is 9.85. The van der Waals surface area contributed by atoms with Gasteiger partial charge >= 0.3 is 12.0 Å². The van der Waals surface area contributed by atoms with Crippen LogP contribution in [0.2, 0.25) is 0 Å². The lowest BCUT2D eigenvalue weighted by Crippen LogP contribution is -2.43. The highest BCUT2D eigenvalue weighted by Gasteiger charge is 2.12. The minimum atomic E-state index is -0.836. The summed E-state index contributed by atoms with van der Waals surface area (Å²) in [7, 11) is 0. The van der Waals surface area contributed by atoms with Gasteiger partial charge in [-0.1, -0.05) is 0 Å². The zero-order chi connectivity index (χ0) is 11.7. The Balaban J connectivity index is 0. The maximum Gasteiger partial charge on any atom is 0.314 e. The van der Waals surface area contributed by atoms with Crippen molar-refractivity contribution in [3.8, 4) is 0 Å². The molecular formula is C8H18ClN3O4. The summed E-state index contributed by atoms with van der Waals surface area (Å²) in [6.07, 6.45) is 0.0694. The van der Waals surface area contributed by atoms with Gasteiger partial charge in [-0.2, -0.15) is 0 Å². The number of morpholine rings is 1. The van der Waals surface area contributed by atoms with Gasteiger partial charge in [0.05, 0.1) is 19.6 Å². The van der Waals surface area contributed by atoms with E-state index >= 15 is 0 Å². The minimum Gasteiger partial charge on any atom is -0.481 e. The lowest BCUT2D eigenvalue weighted by atomic mass is 10.4. The summed E-state index contributed by atoms with van der Waals surface area (Å²) in [5.74, 6) is -0.836. The molecule has 0 saturated carbocycles. The van der Waals surface area contributed by atoms with Crippen molar-refractivity contribution in [1.82, 2.24) is 4.90 Å². The van der Waals surface area contributed by atoms with E-state index in [0.29, 0.717) is 26.3 Å². The van der Waals surface area contributed by atoms with E-state index in [4.69, 9.17) is 21.3 Å². The second kappa shape index (κ2) is 10.5. The molecule has 8 heteroatoms. The van der Waals surface area contributed by atoms with Crippen LogP contribution in [0.1, 0.15) is 6.42 Å². The molecule has 96 valence electrons. The number of rotatable bonds is 2. The molecule has 1 aliphatic rings. The summed E-state index contributed by atoms with van der Waals surface area (Å²) in [5, 5.41) is 7.83. The Morgan fingerprint density at radius 1 is 1.31 bits per heavy atom. The van der Waals surface area contributed by atoms with Crippen LogP contribution in [-0.2, 0) is 9.53 Å². The molecular weight excluding hydrogens is 238 g/mol. The van der Waals surface area contributed by atoms with Crippen molar-refractivity contribution >= 4 is 24.4 Å². The Bertz CT molecular complexity index is 209. The van der Waals surface area contributed by atoms with Gasteiger partial charge in [-0.05, 0) is 0 Å². The molecule has 16 heavy (non-hydrogen) atoms. The summed E-state index contributed by atoms with van der Waals surface area (Å²) < 4.78 is 5.00. The third-order valence-electron chi connectivity index (χ3n) is 1.68. The van der Waals surface area contributed by atoms with E-state index in [0.717, 1.165) is 0 Å². The van der Waals surface area contributed by atoms with E-state index in [2.05, 4.69) is 0 Å². The number of ether oxygens (including phenoxy) is 1. The molecule has 1 rings (SSSR count). The third-order valence-corrected chi connectivity index (χ3v) is 1.68. The second-order valence-electron chi connectivity index (χ2n) is 2.87. The van der Waals surface area contributed by atoms with Crippen molar-refractivity contribution in [2.45, 2.75) is 6.42 Å². The van der Waals surface area contributed by atoms with Crippen molar-refractivity contribution in [2.24, 2.45) is 11.5 Å². The van der Waals surface area contributed by atoms with Gasteiger partial charge in [-0.3, -0.25) is 4.79 Å². The predicted molar refractivity (Wildman–Crippen MR) is 60.5 cm³/mol. The number of aliphatic carboxylic acids is 1. The number of nitrogens with two attached hydrogens (primary N) is 2. The molecule has 0 unspecified atom stereocenters. The predicted octanol–water partition coefficient (Wildman–Crippen LogP) is -0.761. The highest BCUT2D eigenvalue weighted by molar-refractivity contribution is 5.85. The van der Waals surface area contributed by atoms with Crippen LogP contribution in [0.25, 0.3) is 0 Å². The highest BCUT2D eigenvalue weighted by atomic mass is 35.5. The monoisotopic (exact) mass is 255 g/mol. The molecule has 0 aromatic heterocycles. The first-order valence-electron chi connectivity index (χ1n) is 4.62. The molecule has 1 fully saturated rings. The number of carbonyl (C=O) groups is 2. The Kier molecular flexibility index (Phi) is 11.3. The molecule has 0 aliphatic carbocycles. The normalized spacial score (nSPS) is 14.2. The van der Waals surface area contributed by atoms with Crippen molar-refractivity contribution in [3.05, 3.63) is 0 Å². The van der Waals surface area contributed by atoms with Gasteiger partial charge in [0.2, 0.25) is 0 Å². The summed E-state index contributed by atoms with van der Waals surface area (Å²) >= 11 is 0. The lowest BCUT2D eigenvalue weighted by Gasteiger charge is -2.24. The number of nitrogens with zero attached hydrogens (tertiary/aromatic N) is 1. The van der Waals surface area contributed by atoms with Crippen LogP contribution in [0, 0.1) is 0 Å². The molecule has 0 aromatic rings. The number of hydrogen-bond donors (Lipinski definition) is 3. The van der Waals surface area contributed by atoms with Gasteiger partial charge in [0.15, 0.2) is 0 Å². The highest BCUT2D eigenvalue weighted by Crippen LogP contribution is 1.94. The quantitative estimate of drug-likeness (QED) is 0.599. The van der Waals surface area contributed by atoms with Gasteiger partial charge in [-0.25, -0.2) is 4.79 Å². The first-order valence-corrected chi connectivity index (χ1v) is 4.62. The van der Waals surface area contributed by atoms with Crippen LogP contribution in [0.4, 0.5) is 4.79 Å². The molecule has 5 N–H and O–H groups in total. The smallest absolute Gasteiger partial charge is 0.314 e. The Hall–Kier alpha value is -1.05. The van der Waals surface area contributed by atoms with Crippen molar-refractivity contribution in [2.75, 3.05) is 32.8 Å². The molecule has 0 spiro atoms. The number of carboxylic acids is 1. The Morgan fingerprint density at radius 2 is 1.81 bits per heavy atom. The molecule has 1 aliphatic heterocycles. The van der Waals surface area contributed by atoms with E-state index < -0.39 is 5.97 Å². The molecule has 7 nitrogen and oxygen atoms in total. The zero-order valence-electron chi connectivity index (χ0n) is 8.92. The van der Waals surface area contributed by atoms with Crippen LogP contribution in [0.15, 0.2) is 0 Å². The summed E-state index contributed by atoms with van der Waals surface area (Å²) in [6, 6.07) is -0.349. The van der Waals surface area contributed by atoms with E-state index in [1.807, 2.05) is 0 Å². The summed E-state index contributed by atoms with van der Waals surface area (Å²) in [4.78, 5) is 21.5. The number of amides is 2. The number of carboxylic acid groups (broad SMARTS) is 1. The molecule has 1 saturated heterocycles. The van der Waals surface area contributed by atoms with E-state index in [9.17, 15) is 9.59 Å². The first kappa shape index (κ1) is 17.3. The van der Waals surface area contributed by atoms with Crippen LogP contribution >= 0.6 is 12.4 Å². The number of hydrogen-bond acceptors (Lipinski definition) is 4. The average Bonchev–Trinajstić information content (AvgIpc) is 2.20. The number of primary amides is 1. The van der Waals surface area contributed by atoms with Crippen LogP contribution in [0.3, 0.4) is 0 Å². The standard InChI is InChI=1S/C5H10N2O2.C3H7NO2.ClH/c6-5(8)7-1-3-9-4-2-7;4-2-1-3(5)6;/h1-4H2,(H2,6,8);1-2,4H2,(H,5,6);1H. The average molecular weight is 256 g/mol. The zero-order valence-corrected chi connectivity index (χ0v) is 9.74. The molecule has 0 aromatic carbocycles. The van der Waals surface area contributed by atoms with Gasteiger partial charge < -0.3 is 26.2 Å². The third kappa shape index (κ3) is 9.50. The molecule has 0 radical (unpaired) electrons. The minimum absolute atomic E-state index is 0. The largest absolute Gasteiger partial charge is 0.481 e. The van der Waals surface area contributed by atoms with Gasteiger partial charge in [0.1, 0.15) is 0 Å². The number of carbonyl (C=O) groups excluding carboxylic acids is 1. The van der Waals surface area contributed by atoms with Gasteiger partial charge in [0.25, 0.3) is 0 Å². The fraction of sp³-hybridized carbons (Fsp3) is 0.750. The maximum absolute atomic E-state index is 10.4. The van der Waals surface area contributed by atoms with Crippen LogP contribution < -0.4 is 11.5 Å². The number of urea groups is 1. The summed E-state index contributed by atoms with van der Waals surface area (Å²) in [6.45, 7) is 2.73. The SMILES string of the molecule is Cl.NC(=O)N1CCOCC1.NCCC(=O)O. The first-order chi connectivity index (χ1) is 7.07.